The molecule has 1 atom stereocenters. The number of amides is 2. The second kappa shape index (κ2) is 7.57. The van der Waals surface area contributed by atoms with Crippen molar-refractivity contribution in [2.45, 2.75) is 25.3 Å². The van der Waals surface area contributed by atoms with Crippen molar-refractivity contribution in [3.63, 3.8) is 0 Å². The van der Waals surface area contributed by atoms with Crippen molar-refractivity contribution in [2.24, 2.45) is 0 Å². The van der Waals surface area contributed by atoms with Crippen LogP contribution in [0.5, 0.6) is 5.75 Å². The molecule has 0 aliphatic carbocycles. The lowest BCUT2D eigenvalue weighted by atomic mass is 10.1. The highest BCUT2D eigenvalue weighted by atomic mass is 19.3. The second-order valence-electron chi connectivity index (χ2n) is 6.80. The summed E-state index contributed by atoms with van der Waals surface area (Å²) in [7, 11) is 0. The Labute approximate surface area is 151 Å². The minimum atomic E-state index is -2.83. The van der Waals surface area contributed by atoms with Crippen LogP contribution < -0.4 is 10.1 Å². The van der Waals surface area contributed by atoms with E-state index in [0.717, 1.165) is 5.56 Å². The van der Waals surface area contributed by atoms with Crippen molar-refractivity contribution in [1.82, 2.24) is 15.1 Å². The molecule has 0 spiro atoms. The Balaban J connectivity index is 1.43. The van der Waals surface area contributed by atoms with Gasteiger partial charge in [-0.3, -0.25) is 14.9 Å². The molecule has 1 aromatic carbocycles. The largest absolute Gasteiger partial charge is 0.484 e. The van der Waals surface area contributed by atoms with Gasteiger partial charge in [0.25, 0.3) is 11.8 Å². The van der Waals surface area contributed by atoms with Crippen LogP contribution in [0, 0.1) is 6.92 Å². The number of hydrogen-bond acceptors (Lipinski definition) is 4. The highest BCUT2D eigenvalue weighted by molar-refractivity contribution is 5.83. The summed E-state index contributed by atoms with van der Waals surface area (Å²) < 4.78 is 32.0. The van der Waals surface area contributed by atoms with Crippen molar-refractivity contribution in [3.05, 3.63) is 29.8 Å². The van der Waals surface area contributed by atoms with E-state index in [2.05, 4.69) is 5.32 Å². The molecular weight excluding hydrogens is 344 g/mol. The Bertz CT molecular complexity index is 658. The predicted molar refractivity (Wildman–Crippen MR) is 91.2 cm³/mol. The Morgan fingerprint density at radius 1 is 1.15 bits per heavy atom. The van der Waals surface area contributed by atoms with Crippen LogP contribution in [0.15, 0.2) is 24.3 Å². The number of hydrogen-bond donors (Lipinski definition) is 1. The lowest BCUT2D eigenvalue weighted by Gasteiger charge is -2.35. The van der Waals surface area contributed by atoms with Gasteiger partial charge in [-0.25, -0.2) is 8.78 Å². The highest BCUT2D eigenvalue weighted by Crippen LogP contribution is 2.26. The Morgan fingerprint density at radius 2 is 1.77 bits per heavy atom. The molecule has 1 N–H and O–H groups in total. The van der Waals surface area contributed by atoms with E-state index in [1.54, 1.807) is 9.80 Å². The first-order valence-corrected chi connectivity index (χ1v) is 8.71. The van der Waals surface area contributed by atoms with Gasteiger partial charge >= 0.3 is 0 Å². The van der Waals surface area contributed by atoms with Gasteiger partial charge in [0.05, 0.1) is 12.6 Å². The zero-order valence-corrected chi connectivity index (χ0v) is 14.7. The molecule has 26 heavy (non-hydrogen) atoms. The quantitative estimate of drug-likeness (QED) is 0.864. The van der Waals surface area contributed by atoms with Crippen molar-refractivity contribution in [2.75, 3.05) is 39.3 Å². The molecule has 6 nitrogen and oxygen atoms in total. The third-order valence-corrected chi connectivity index (χ3v) is 4.74. The van der Waals surface area contributed by atoms with Crippen molar-refractivity contribution in [1.29, 1.82) is 0 Å². The third-order valence-electron chi connectivity index (χ3n) is 4.74. The summed E-state index contributed by atoms with van der Waals surface area (Å²) in [5.41, 5.74) is 1.11. The van der Waals surface area contributed by atoms with E-state index in [-0.39, 0.29) is 18.4 Å². The van der Waals surface area contributed by atoms with E-state index in [4.69, 9.17) is 4.74 Å². The number of nitrogens with one attached hydrogen (secondary N) is 1. The normalized spacial score (nSPS) is 22.3. The minimum absolute atomic E-state index is 0.0621. The smallest absolute Gasteiger partial charge is 0.262 e. The molecule has 0 bridgehead atoms. The molecule has 2 amide bonds. The molecule has 3 rings (SSSR count). The summed E-state index contributed by atoms with van der Waals surface area (Å²) in [5, 5.41) is 2.58. The van der Waals surface area contributed by atoms with E-state index in [1.807, 2.05) is 31.2 Å². The summed E-state index contributed by atoms with van der Waals surface area (Å²) in [4.78, 5) is 27.7. The van der Waals surface area contributed by atoms with Crippen LogP contribution in [0.1, 0.15) is 12.0 Å². The molecule has 1 aromatic rings. The zero-order valence-electron chi connectivity index (χ0n) is 14.7. The summed E-state index contributed by atoms with van der Waals surface area (Å²) in [6.45, 7) is 2.90. The van der Waals surface area contributed by atoms with E-state index < -0.39 is 24.9 Å². The number of aryl methyl sites for hydroxylation is 1. The van der Waals surface area contributed by atoms with E-state index in [9.17, 15) is 18.4 Å². The van der Waals surface area contributed by atoms with Crippen molar-refractivity contribution >= 4 is 11.8 Å². The van der Waals surface area contributed by atoms with Crippen LogP contribution in [0.3, 0.4) is 0 Å². The zero-order chi connectivity index (χ0) is 18.7. The number of rotatable bonds is 4. The van der Waals surface area contributed by atoms with Crippen LogP contribution in [0.4, 0.5) is 8.78 Å². The van der Waals surface area contributed by atoms with E-state index >= 15 is 0 Å². The van der Waals surface area contributed by atoms with E-state index in [0.29, 0.717) is 31.9 Å². The fourth-order valence-electron chi connectivity index (χ4n) is 3.16. The molecule has 142 valence electrons. The molecule has 0 radical (unpaired) electrons. The van der Waals surface area contributed by atoms with Gasteiger partial charge in [0.2, 0.25) is 5.91 Å². The van der Waals surface area contributed by atoms with Crippen LogP contribution in [-0.4, -0.2) is 72.9 Å². The SMILES string of the molecule is Cc1ccc(OCC(=O)N2CCN(C(=O)C3CC(F)(F)CN3)CC2)cc1. The van der Waals surface area contributed by atoms with Gasteiger partial charge in [0, 0.05) is 32.6 Å². The van der Waals surface area contributed by atoms with Gasteiger partial charge in [-0.1, -0.05) is 17.7 Å². The monoisotopic (exact) mass is 367 g/mol. The number of halogens is 2. The fourth-order valence-corrected chi connectivity index (χ4v) is 3.16. The number of piperazine rings is 1. The molecule has 2 fully saturated rings. The standard InChI is InChI=1S/C18H23F2N3O3/c1-13-2-4-14(5-3-13)26-11-16(24)22-6-8-23(9-7-22)17(25)15-10-18(19,20)12-21-15/h2-5,15,21H,6-12H2,1H3. The maximum atomic E-state index is 13.2. The number of carbonyl (C=O) groups is 2. The Hall–Kier alpha value is -2.22. The topological polar surface area (TPSA) is 61.9 Å². The first kappa shape index (κ1) is 18.6. The molecule has 2 aliphatic heterocycles. The summed E-state index contributed by atoms with van der Waals surface area (Å²) in [6, 6.07) is 6.60. The van der Waals surface area contributed by atoms with Gasteiger partial charge < -0.3 is 14.5 Å². The number of carbonyl (C=O) groups excluding carboxylic acids is 2. The molecule has 1 unspecified atom stereocenters. The Morgan fingerprint density at radius 3 is 2.35 bits per heavy atom. The van der Waals surface area contributed by atoms with Gasteiger partial charge in [0.1, 0.15) is 5.75 Å². The van der Waals surface area contributed by atoms with Crippen LogP contribution in [-0.2, 0) is 9.59 Å². The Kier molecular flexibility index (Phi) is 5.41. The molecule has 8 heteroatoms. The van der Waals surface area contributed by atoms with Gasteiger partial charge in [-0.05, 0) is 19.1 Å². The first-order valence-electron chi connectivity index (χ1n) is 8.71. The van der Waals surface area contributed by atoms with E-state index in [1.165, 1.54) is 0 Å². The average molecular weight is 367 g/mol. The maximum Gasteiger partial charge on any atom is 0.262 e. The third kappa shape index (κ3) is 4.49. The number of ether oxygens (including phenoxy) is 1. The lowest BCUT2D eigenvalue weighted by Crippen LogP contribution is -2.54. The maximum absolute atomic E-state index is 13.2. The summed E-state index contributed by atoms with van der Waals surface area (Å²) >= 11 is 0. The molecule has 2 saturated heterocycles. The number of alkyl halides is 2. The first-order chi connectivity index (χ1) is 12.3. The highest BCUT2D eigenvalue weighted by Gasteiger charge is 2.43. The number of nitrogens with zero attached hydrogens (tertiary/aromatic N) is 2. The minimum Gasteiger partial charge on any atom is -0.484 e. The van der Waals surface area contributed by atoms with Crippen molar-refractivity contribution in [3.8, 4) is 5.75 Å². The predicted octanol–water partition coefficient (Wildman–Crippen LogP) is 1.04. The second-order valence-corrected chi connectivity index (χ2v) is 6.80. The van der Waals surface area contributed by atoms with Crippen LogP contribution in [0.2, 0.25) is 0 Å². The van der Waals surface area contributed by atoms with Gasteiger partial charge in [-0.15, -0.1) is 0 Å². The molecule has 2 aliphatic rings. The fraction of sp³-hybridized carbons (Fsp3) is 0.556. The molecule has 0 aromatic heterocycles. The van der Waals surface area contributed by atoms with Crippen molar-refractivity contribution < 1.29 is 23.1 Å². The lowest BCUT2D eigenvalue weighted by molar-refractivity contribution is -0.141. The molecule has 0 saturated carbocycles. The van der Waals surface area contributed by atoms with Gasteiger partial charge in [0.15, 0.2) is 6.61 Å². The number of benzene rings is 1. The van der Waals surface area contributed by atoms with Gasteiger partial charge in [-0.2, -0.15) is 0 Å². The van der Waals surface area contributed by atoms with Crippen LogP contribution >= 0.6 is 0 Å². The average Bonchev–Trinajstić information content (AvgIpc) is 3.00. The summed E-state index contributed by atoms with van der Waals surface area (Å²) in [5.74, 6) is -2.66. The molecular formula is C18H23F2N3O3. The summed E-state index contributed by atoms with van der Waals surface area (Å²) in [6.07, 6.45) is -0.463. The molecule has 2 heterocycles. The van der Waals surface area contributed by atoms with Crippen LogP contribution in [0.25, 0.3) is 0 Å².